The number of ether oxygens (including phenoxy) is 2. The molecule has 0 bridgehead atoms. The minimum atomic E-state index is -4.65. The number of hydrogen-bond acceptors (Lipinski definition) is 4. The highest BCUT2D eigenvalue weighted by Gasteiger charge is 2.33. The van der Waals surface area contributed by atoms with Gasteiger partial charge in [0.1, 0.15) is 18.2 Å². The Morgan fingerprint density at radius 3 is 2.49 bits per heavy atom. The Morgan fingerprint density at radius 1 is 1.14 bits per heavy atom. The van der Waals surface area contributed by atoms with Crippen LogP contribution in [0.4, 0.5) is 18.9 Å². The van der Waals surface area contributed by atoms with E-state index in [2.05, 4.69) is 27.9 Å². The second kappa shape index (κ2) is 11.3. The van der Waals surface area contributed by atoms with Gasteiger partial charge in [-0.05, 0) is 76.5 Å². The molecule has 0 radical (unpaired) electrons. The third-order valence-corrected chi connectivity index (χ3v) is 5.84. The molecule has 0 aliphatic carbocycles. The molecule has 5 nitrogen and oxygen atoms in total. The summed E-state index contributed by atoms with van der Waals surface area (Å²) in [7, 11) is 1.46. The van der Waals surface area contributed by atoms with Crippen molar-refractivity contribution in [2.75, 3.05) is 12.4 Å². The van der Waals surface area contributed by atoms with Crippen LogP contribution in [-0.4, -0.2) is 13.0 Å². The molecule has 1 amide bonds. The Bertz CT molecular complexity index is 1310. The fraction of sp³-hybridized carbons (Fsp3) is 0.154. The molecule has 180 valence electrons. The Morgan fingerprint density at radius 2 is 1.83 bits per heavy atom. The number of para-hydroxylation sites is 1. The number of nitrogens with zero attached hydrogens (tertiary/aromatic N) is 1. The molecule has 3 rings (SSSR count). The molecular formula is C26H20F3IN2O3. The Hall–Kier alpha value is -3.52. The predicted molar refractivity (Wildman–Crippen MR) is 135 cm³/mol. The fourth-order valence-electron chi connectivity index (χ4n) is 3.23. The molecule has 1 N–H and O–H groups in total. The average molecular weight is 592 g/mol. The Labute approximate surface area is 214 Å². The predicted octanol–water partition coefficient (Wildman–Crippen LogP) is 6.75. The van der Waals surface area contributed by atoms with Gasteiger partial charge in [0.2, 0.25) is 0 Å². The minimum absolute atomic E-state index is 0.318. The first-order valence-electron chi connectivity index (χ1n) is 10.3. The molecule has 0 fully saturated rings. The molecule has 0 saturated carbocycles. The number of nitriles is 1. The maximum atomic E-state index is 13.2. The molecule has 0 aliphatic rings. The smallest absolute Gasteiger partial charge is 0.418 e. The van der Waals surface area contributed by atoms with Crippen molar-refractivity contribution >= 4 is 40.3 Å². The van der Waals surface area contributed by atoms with Crippen LogP contribution >= 0.6 is 22.6 Å². The topological polar surface area (TPSA) is 71.3 Å². The van der Waals surface area contributed by atoms with Gasteiger partial charge in [-0.25, -0.2) is 0 Å². The standard InChI is InChI=1S/C26H20F3IN2O3/c1-16-7-3-4-8-18(16)15-35-24-21(30)12-17(13-23(24)34-2)11-19(14-31)25(33)32-22-10-6-5-9-20(22)26(27,28)29/h3-13H,15H2,1-2H3,(H,32,33)/b19-11-. The third kappa shape index (κ3) is 6.54. The van der Waals surface area contributed by atoms with Gasteiger partial charge in [0.25, 0.3) is 5.91 Å². The first-order valence-corrected chi connectivity index (χ1v) is 11.4. The quantitative estimate of drug-likeness (QED) is 0.187. The second-order valence-electron chi connectivity index (χ2n) is 7.42. The van der Waals surface area contributed by atoms with E-state index in [4.69, 9.17) is 9.47 Å². The second-order valence-corrected chi connectivity index (χ2v) is 8.58. The summed E-state index contributed by atoms with van der Waals surface area (Å²) in [5.41, 5.74) is 0.740. The summed E-state index contributed by atoms with van der Waals surface area (Å²) in [5.74, 6) is -0.0783. The number of aryl methyl sites for hydroxylation is 1. The molecular weight excluding hydrogens is 572 g/mol. The largest absolute Gasteiger partial charge is 0.493 e. The van der Waals surface area contributed by atoms with Crippen LogP contribution < -0.4 is 14.8 Å². The highest BCUT2D eigenvalue weighted by Crippen LogP contribution is 2.36. The van der Waals surface area contributed by atoms with Gasteiger partial charge in [-0.2, -0.15) is 18.4 Å². The molecule has 9 heteroatoms. The van der Waals surface area contributed by atoms with Gasteiger partial charge < -0.3 is 14.8 Å². The van der Waals surface area contributed by atoms with Crippen LogP contribution in [-0.2, 0) is 17.6 Å². The van der Waals surface area contributed by atoms with Crippen LogP contribution in [0.2, 0.25) is 0 Å². The first-order chi connectivity index (χ1) is 16.6. The Kier molecular flexibility index (Phi) is 8.40. The lowest BCUT2D eigenvalue weighted by Crippen LogP contribution is -2.17. The lowest BCUT2D eigenvalue weighted by atomic mass is 10.1. The van der Waals surface area contributed by atoms with E-state index in [1.54, 1.807) is 18.2 Å². The highest BCUT2D eigenvalue weighted by atomic mass is 127. The number of nitrogens with one attached hydrogen (secondary N) is 1. The molecule has 35 heavy (non-hydrogen) atoms. The number of rotatable bonds is 7. The van der Waals surface area contributed by atoms with E-state index < -0.39 is 23.3 Å². The summed E-state index contributed by atoms with van der Waals surface area (Å²) in [6.07, 6.45) is -3.38. The van der Waals surface area contributed by atoms with Crippen molar-refractivity contribution in [3.05, 3.63) is 92.1 Å². The molecule has 0 aromatic heterocycles. The van der Waals surface area contributed by atoms with E-state index in [9.17, 15) is 23.2 Å². The van der Waals surface area contributed by atoms with Crippen LogP contribution in [0.1, 0.15) is 22.3 Å². The normalized spacial score (nSPS) is 11.5. The van der Waals surface area contributed by atoms with E-state index in [1.165, 1.54) is 25.3 Å². The molecule has 0 saturated heterocycles. The lowest BCUT2D eigenvalue weighted by Gasteiger charge is -2.15. The highest BCUT2D eigenvalue weighted by molar-refractivity contribution is 14.1. The monoisotopic (exact) mass is 592 g/mol. The van der Waals surface area contributed by atoms with Crippen molar-refractivity contribution in [1.29, 1.82) is 5.26 Å². The van der Waals surface area contributed by atoms with Gasteiger partial charge in [0, 0.05) is 0 Å². The zero-order valence-electron chi connectivity index (χ0n) is 18.7. The summed E-state index contributed by atoms with van der Waals surface area (Å²) >= 11 is 2.05. The lowest BCUT2D eigenvalue weighted by molar-refractivity contribution is -0.137. The van der Waals surface area contributed by atoms with Crippen molar-refractivity contribution in [3.63, 3.8) is 0 Å². The van der Waals surface area contributed by atoms with Gasteiger partial charge in [-0.3, -0.25) is 4.79 Å². The zero-order valence-corrected chi connectivity index (χ0v) is 20.9. The van der Waals surface area contributed by atoms with Crippen LogP contribution in [0.25, 0.3) is 6.08 Å². The van der Waals surface area contributed by atoms with E-state index in [0.717, 1.165) is 23.3 Å². The van der Waals surface area contributed by atoms with Gasteiger partial charge in [-0.15, -0.1) is 0 Å². The van der Waals surface area contributed by atoms with E-state index >= 15 is 0 Å². The van der Waals surface area contributed by atoms with Crippen molar-refractivity contribution < 1.29 is 27.4 Å². The van der Waals surface area contributed by atoms with E-state index in [0.29, 0.717) is 27.2 Å². The average Bonchev–Trinajstić information content (AvgIpc) is 2.82. The van der Waals surface area contributed by atoms with Gasteiger partial charge in [0.15, 0.2) is 11.5 Å². The summed E-state index contributed by atoms with van der Waals surface area (Å²) in [6.45, 7) is 2.30. The van der Waals surface area contributed by atoms with Crippen molar-refractivity contribution in [3.8, 4) is 17.6 Å². The van der Waals surface area contributed by atoms with E-state index in [1.807, 2.05) is 31.2 Å². The summed E-state index contributed by atoms with van der Waals surface area (Å²) in [4.78, 5) is 12.6. The molecule has 0 atom stereocenters. The molecule has 0 unspecified atom stereocenters. The Balaban J connectivity index is 1.86. The summed E-state index contributed by atoms with van der Waals surface area (Å²) in [5, 5.41) is 11.7. The van der Waals surface area contributed by atoms with Gasteiger partial charge in [0.05, 0.1) is 21.9 Å². The molecule has 0 spiro atoms. The summed E-state index contributed by atoms with van der Waals surface area (Å²) in [6, 6.07) is 17.4. The van der Waals surface area contributed by atoms with Crippen LogP contribution in [0.15, 0.2) is 66.2 Å². The number of halogens is 4. The minimum Gasteiger partial charge on any atom is -0.493 e. The number of methoxy groups -OCH3 is 1. The first kappa shape index (κ1) is 26.1. The molecule has 0 heterocycles. The maximum Gasteiger partial charge on any atom is 0.418 e. The summed E-state index contributed by atoms with van der Waals surface area (Å²) < 4.78 is 51.8. The van der Waals surface area contributed by atoms with Crippen LogP contribution in [0.5, 0.6) is 11.5 Å². The van der Waals surface area contributed by atoms with Crippen LogP contribution in [0, 0.1) is 21.8 Å². The number of carbonyl (C=O) groups excluding carboxylic acids is 1. The molecule has 3 aromatic rings. The van der Waals surface area contributed by atoms with Gasteiger partial charge >= 0.3 is 6.18 Å². The number of carbonyl (C=O) groups is 1. The van der Waals surface area contributed by atoms with Crippen molar-refractivity contribution in [1.82, 2.24) is 0 Å². The maximum absolute atomic E-state index is 13.2. The van der Waals surface area contributed by atoms with Gasteiger partial charge in [-0.1, -0.05) is 36.4 Å². The number of amides is 1. The number of benzene rings is 3. The SMILES string of the molecule is COc1cc(/C=C(/C#N)C(=O)Nc2ccccc2C(F)(F)F)cc(I)c1OCc1ccccc1C. The van der Waals surface area contributed by atoms with Crippen molar-refractivity contribution in [2.45, 2.75) is 19.7 Å². The number of anilines is 1. The fourth-order valence-corrected chi connectivity index (χ4v) is 4.01. The van der Waals surface area contributed by atoms with E-state index in [-0.39, 0.29) is 5.57 Å². The number of hydrogen-bond donors (Lipinski definition) is 1. The number of alkyl halides is 3. The third-order valence-electron chi connectivity index (χ3n) is 5.04. The van der Waals surface area contributed by atoms with Crippen LogP contribution in [0.3, 0.4) is 0 Å². The molecule has 0 aliphatic heterocycles. The van der Waals surface area contributed by atoms with Crippen molar-refractivity contribution in [2.24, 2.45) is 0 Å². The molecule has 3 aromatic carbocycles. The zero-order chi connectivity index (χ0) is 25.6.